The van der Waals surface area contributed by atoms with Crippen molar-refractivity contribution in [1.29, 1.82) is 0 Å². The van der Waals surface area contributed by atoms with Crippen molar-refractivity contribution in [2.24, 2.45) is 5.10 Å². The molecule has 0 saturated carbocycles. The minimum atomic E-state index is -0.443. The van der Waals surface area contributed by atoms with Gasteiger partial charge in [-0.2, -0.15) is 10.2 Å². The smallest absolute Gasteiger partial charge is 0.269 e. The average molecular weight is 318 g/mol. The summed E-state index contributed by atoms with van der Waals surface area (Å²) in [5.74, 6) is 0. The van der Waals surface area contributed by atoms with Crippen LogP contribution in [0, 0.1) is 10.1 Å². The molecule has 0 aliphatic carbocycles. The monoisotopic (exact) mass is 318 g/mol. The molecule has 0 aliphatic rings. The lowest BCUT2D eigenvalue weighted by Gasteiger charge is -2.05. The van der Waals surface area contributed by atoms with Crippen molar-refractivity contribution in [3.8, 4) is 0 Å². The highest BCUT2D eigenvalue weighted by atomic mass is 32.2. The molecule has 22 heavy (non-hydrogen) atoms. The molecule has 9 heteroatoms. The predicted molar refractivity (Wildman–Crippen MR) is 85.2 cm³/mol. The van der Waals surface area contributed by atoms with Gasteiger partial charge in [0.25, 0.3) is 5.69 Å². The van der Waals surface area contributed by atoms with Gasteiger partial charge in [-0.1, -0.05) is 18.7 Å². The van der Waals surface area contributed by atoms with Crippen molar-refractivity contribution in [2.75, 3.05) is 11.7 Å². The first-order valence-corrected chi connectivity index (χ1v) is 7.67. The van der Waals surface area contributed by atoms with Gasteiger partial charge in [0, 0.05) is 12.1 Å². The largest absolute Gasteiger partial charge is 0.278 e. The van der Waals surface area contributed by atoms with Crippen LogP contribution in [-0.4, -0.2) is 32.1 Å². The summed E-state index contributed by atoms with van der Waals surface area (Å²) in [5, 5.41) is 23.2. The van der Waals surface area contributed by atoms with Crippen molar-refractivity contribution < 1.29 is 4.92 Å². The molecule has 0 bridgehead atoms. The zero-order chi connectivity index (χ0) is 15.9. The lowest BCUT2D eigenvalue weighted by molar-refractivity contribution is -0.384. The van der Waals surface area contributed by atoms with Crippen LogP contribution in [0.1, 0.15) is 19.0 Å². The van der Waals surface area contributed by atoms with E-state index in [4.69, 9.17) is 0 Å². The number of aromatic nitrogens is 3. The maximum atomic E-state index is 10.6. The Labute approximate surface area is 131 Å². The number of hydrogen-bond donors (Lipinski definition) is 1. The molecule has 1 aromatic heterocycles. The second-order valence-electron chi connectivity index (χ2n) is 4.16. The molecule has 0 saturated heterocycles. The van der Waals surface area contributed by atoms with E-state index in [1.54, 1.807) is 18.3 Å². The number of rotatable bonds is 6. The van der Waals surface area contributed by atoms with Crippen molar-refractivity contribution in [1.82, 2.24) is 15.2 Å². The Hall–Kier alpha value is -2.55. The zero-order valence-electron chi connectivity index (χ0n) is 12.1. The summed E-state index contributed by atoms with van der Waals surface area (Å²) in [7, 11) is 0. The topological polar surface area (TPSA) is 106 Å². The van der Waals surface area contributed by atoms with Crippen LogP contribution < -0.4 is 5.43 Å². The van der Waals surface area contributed by atoms with E-state index >= 15 is 0 Å². The highest BCUT2D eigenvalue weighted by Crippen LogP contribution is 2.16. The Morgan fingerprint density at radius 3 is 2.73 bits per heavy atom. The van der Waals surface area contributed by atoms with E-state index in [0.717, 1.165) is 5.71 Å². The highest BCUT2D eigenvalue weighted by Gasteiger charge is 2.07. The van der Waals surface area contributed by atoms with Gasteiger partial charge < -0.3 is 0 Å². The van der Waals surface area contributed by atoms with Crippen LogP contribution in [0.5, 0.6) is 0 Å². The number of hydrazone groups is 1. The van der Waals surface area contributed by atoms with Gasteiger partial charge in [0.05, 0.1) is 22.5 Å². The molecule has 0 unspecified atom stereocenters. The van der Waals surface area contributed by atoms with Crippen LogP contribution in [0.2, 0.25) is 0 Å². The quantitative estimate of drug-likeness (QED) is 0.377. The first-order valence-electron chi connectivity index (χ1n) is 6.45. The van der Waals surface area contributed by atoms with Crippen LogP contribution >= 0.6 is 11.8 Å². The van der Waals surface area contributed by atoms with Crippen LogP contribution in [0.4, 0.5) is 11.4 Å². The van der Waals surface area contributed by atoms with Crippen LogP contribution in [0.3, 0.4) is 0 Å². The molecule has 1 aromatic carbocycles. The van der Waals surface area contributed by atoms with Crippen molar-refractivity contribution in [3.63, 3.8) is 0 Å². The molecule has 0 aliphatic heterocycles. The number of hydrogen-bond acceptors (Lipinski definition) is 8. The van der Waals surface area contributed by atoms with Gasteiger partial charge in [0.2, 0.25) is 5.16 Å². The molecule has 2 rings (SSSR count). The molecule has 1 heterocycles. The Morgan fingerprint density at radius 1 is 1.41 bits per heavy atom. The lowest BCUT2D eigenvalue weighted by Crippen LogP contribution is -2.08. The molecule has 1 N–H and O–H groups in total. The van der Waals surface area contributed by atoms with Crippen LogP contribution in [-0.2, 0) is 0 Å². The van der Waals surface area contributed by atoms with Crippen molar-refractivity contribution in [2.45, 2.75) is 18.5 Å². The van der Waals surface area contributed by atoms with Crippen molar-refractivity contribution in [3.05, 3.63) is 46.3 Å². The Balaban J connectivity index is 2.16. The third-order valence-corrected chi connectivity index (χ3v) is 3.29. The minimum absolute atomic E-state index is 0.0369. The lowest BCUT2D eigenvalue weighted by atomic mass is 10.2. The van der Waals surface area contributed by atoms with E-state index in [9.17, 15) is 10.1 Å². The second kappa shape index (κ2) is 7.46. The maximum Gasteiger partial charge on any atom is 0.269 e. The zero-order valence-corrected chi connectivity index (χ0v) is 12.9. The van der Waals surface area contributed by atoms with Crippen LogP contribution in [0.15, 0.2) is 40.7 Å². The fraction of sp³-hybridized carbons (Fsp3) is 0.231. The molecule has 8 nitrogen and oxygen atoms in total. The standard InChI is InChI=1S/C13H14N6O2S/c1-3-11(12-8-14-18-13(15-12)22-2)17-16-9-4-6-10(7-5-9)19(20)21/h4-8,16H,3H2,1-2H3. The van der Waals surface area contributed by atoms with E-state index in [2.05, 4.69) is 25.7 Å². The number of anilines is 1. The van der Waals surface area contributed by atoms with Crippen molar-refractivity contribution >= 4 is 28.8 Å². The number of non-ortho nitro benzene ring substituents is 1. The minimum Gasteiger partial charge on any atom is -0.278 e. The SMILES string of the molecule is CCC(=NNc1ccc([N+](=O)[O-])cc1)c1cnnc(SC)n1. The first kappa shape index (κ1) is 15.8. The van der Waals surface area contributed by atoms with Gasteiger partial charge in [-0.05, 0) is 24.8 Å². The predicted octanol–water partition coefficient (Wildman–Crippen LogP) is 2.73. The van der Waals surface area contributed by atoms with E-state index in [1.165, 1.54) is 23.9 Å². The summed E-state index contributed by atoms with van der Waals surface area (Å²) in [5.41, 5.74) is 4.94. The highest BCUT2D eigenvalue weighted by molar-refractivity contribution is 7.98. The van der Waals surface area contributed by atoms with Gasteiger partial charge in [0.1, 0.15) is 5.69 Å². The summed E-state index contributed by atoms with van der Waals surface area (Å²) in [4.78, 5) is 14.5. The number of nitrogens with one attached hydrogen (secondary N) is 1. The molecule has 114 valence electrons. The first-order chi connectivity index (χ1) is 10.6. The summed E-state index contributed by atoms with van der Waals surface area (Å²) in [6, 6.07) is 6.03. The summed E-state index contributed by atoms with van der Waals surface area (Å²) in [6.07, 6.45) is 4.09. The maximum absolute atomic E-state index is 10.6. The van der Waals surface area contributed by atoms with Gasteiger partial charge in [-0.25, -0.2) is 4.98 Å². The number of thioether (sulfide) groups is 1. The Morgan fingerprint density at radius 2 is 2.14 bits per heavy atom. The van der Waals surface area contributed by atoms with Gasteiger partial charge in [-0.15, -0.1) is 5.10 Å². The van der Waals surface area contributed by atoms with E-state index in [1.807, 2.05) is 13.2 Å². The molecule has 2 aromatic rings. The average Bonchev–Trinajstić information content (AvgIpc) is 2.56. The summed E-state index contributed by atoms with van der Waals surface area (Å²) in [6.45, 7) is 1.96. The summed E-state index contributed by atoms with van der Waals surface area (Å²) < 4.78 is 0. The number of benzene rings is 1. The number of nitro groups is 1. The van der Waals surface area contributed by atoms with Gasteiger partial charge >= 0.3 is 0 Å². The Bertz CT molecular complexity index is 689. The number of nitrogens with zero attached hydrogens (tertiary/aromatic N) is 5. The molecular formula is C13H14N6O2S. The third kappa shape index (κ3) is 3.98. The molecule has 0 amide bonds. The van der Waals surface area contributed by atoms with E-state index in [0.29, 0.717) is 23.0 Å². The van der Waals surface area contributed by atoms with Gasteiger partial charge in [-0.3, -0.25) is 15.5 Å². The molecular weight excluding hydrogens is 304 g/mol. The molecule has 0 fully saturated rings. The third-order valence-electron chi connectivity index (χ3n) is 2.75. The fourth-order valence-electron chi connectivity index (χ4n) is 1.62. The van der Waals surface area contributed by atoms with Gasteiger partial charge in [0.15, 0.2) is 0 Å². The molecule has 0 spiro atoms. The number of nitro benzene ring substituents is 1. The van der Waals surface area contributed by atoms with E-state index < -0.39 is 4.92 Å². The summed E-state index contributed by atoms with van der Waals surface area (Å²) >= 11 is 1.41. The second-order valence-corrected chi connectivity index (χ2v) is 4.93. The van der Waals surface area contributed by atoms with E-state index in [-0.39, 0.29) is 5.69 Å². The molecule has 0 radical (unpaired) electrons. The van der Waals surface area contributed by atoms with Crippen LogP contribution in [0.25, 0.3) is 0 Å². The normalized spacial score (nSPS) is 11.3. The Kier molecular flexibility index (Phi) is 5.37. The molecule has 0 atom stereocenters. The fourth-order valence-corrected chi connectivity index (χ4v) is 1.94.